The molecule has 0 fully saturated rings. The molecule has 0 aliphatic rings. The van der Waals surface area contributed by atoms with Crippen molar-refractivity contribution in [2.24, 2.45) is 7.05 Å². The van der Waals surface area contributed by atoms with Gasteiger partial charge in [0.05, 0.1) is 20.9 Å². The van der Waals surface area contributed by atoms with Gasteiger partial charge < -0.3 is 15.2 Å². The second kappa shape index (κ2) is 10.5. The number of fused-ring (bicyclic) bond motifs is 1. The van der Waals surface area contributed by atoms with Crippen molar-refractivity contribution in [3.8, 4) is 11.4 Å². The summed E-state index contributed by atoms with van der Waals surface area (Å²) in [6.07, 6.45) is 0. The van der Waals surface area contributed by atoms with Crippen LogP contribution in [0.25, 0.3) is 22.4 Å². The highest BCUT2D eigenvalue weighted by Gasteiger charge is 2.14. The van der Waals surface area contributed by atoms with Crippen LogP contribution in [-0.4, -0.2) is 31.2 Å². The summed E-state index contributed by atoms with van der Waals surface area (Å²) in [5.41, 5.74) is 3.75. The molecule has 40 heavy (non-hydrogen) atoms. The maximum Gasteiger partial charge on any atom is 0.269 e. The number of imidazole rings is 1. The lowest BCUT2D eigenvalue weighted by Crippen LogP contribution is -2.11. The largest absolute Gasteiger partial charge is 0.327 e. The average Bonchev–Trinajstić information content (AvgIpc) is 3.29. The minimum absolute atomic E-state index is 0.0950. The van der Waals surface area contributed by atoms with Crippen LogP contribution >= 0.6 is 0 Å². The van der Waals surface area contributed by atoms with Gasteiger partial charge in [-0.05, 0) is 66.7 Å². The molecule has 0 spiro atoms. The lowest BCUT2D eigenvalue weighted by Gasteiger charge is -2.08. The van der Waals surface area contributed by atoms with Gasteiger partial charge in [0.15, 0.2) is 0 Å². The second-order valence-corrected chi connectivity index (χ2v) is 8.79. The first-order valence-electron chi connectivity index (χ1n) is 11.9. The van der Waals surface area contributed by atoms with Crippen LogP contribution in [0.15, 0.2) is 91.0 Å². The number of hydrogen-bond donors (Lipinski definition) is 2. The molecular weight excluding hydrogens is 516 g/mol. The molecule has 0 saturated heterocycles. The Morgan fingerprint density at radius 2 is 1.18 bits per heavy atom. The molecule has 5 rings (SSSR count). The van der Waals surface area contributed by atoms with Crippen LogP contribution in [0.1, 0.15) is 20.7 Å². The Bertz CT molecular complexity index is 1780. The molecule has 0 aliphatic carbocycles. The number of anilines is 2. The molecule has 2 amide bonds. The Kier molecular flexibility index (Phi) is 6.72. The van der Waals surface area contributed by atoms with Crippen molar-refractivity contribution in [1.82, 2.24) is 9.55 Å². The van der Waals surface area contributed by atoms with E-state index >= 15 is 0 Å². The van der Waals surface area contributed by atoms with Crippen LogP contribution in [0.5, 0.6) is 0 Å². The normalized spacial score (nSPS) is 10.7. The van der Waals surface area contributed by atoms with Crippen molar-refractivity contribution >= 4 is 45.6 Å². The van der Waals surface area contributed by atoms with Crippen LogP contribution in [0, 0.1) is 20.2 Å². The summed E-state index contributed by atoms with van der Waals surface area (Å²) < 4.78 is 1.88. The summed E-state index contributed by atoms with van der Waals surface area (Å²) >= 11 is 0. The van der Waals surface area contributed by atoms with E-state index in [1.165, 1.54) is 48.5 Å². The summed E-state index contributed by atoms with van der Waals surface area (Å²) in [5, 5.41) is 27.2. The Morgan fingerprint density at radius 3 is 1.68 bits per heavy atom. The number of amides is 2. The number of carbonyl (C=O) groups is 2. The highest BCUT2D eigenvalue weighted by atomic mass is 16.6. The summed E-state index contributed by atoms with van der Waals surface area (Å²) in [7, 11) is 1.84. The second-order valence-electron chi connectivity index (χ2n) is 8.79. The molecule has 12 heteroatoms. The van der Waals surface area contributed by atoms with E-state index in [-0.39, 0.29) is 16.9 Å². The number of benzene rings is 4. The Labute approximate surface area is 226 Å². The van der Waals surface area contributed by atoms with E-state index in [1.54, 1.807) is 30.3 Å². The number of nitro groups is 2. The molecule has 0 aliphatic heterocycles. The Hall–Kier alpha value is -5.91. The number of nitrogens with one attached hydrogen (secondary N) is 2. The van der Waals surface area contributed by atoms with Crippen molar-refractivity contribution in [3.63, 3.8) is 0 Å². The number of aryl methyl sites for hydroxylation is 1. The van der Waals surface area contributed by atoms with Crippen LogP contribution in [-0.2, 0) is 7.05 Å². The minimum Gasteiger partial charge on any atom is -0.327 e. The molecule has 198 valence electrons. The molecule has 0 atom stereocenters. The smallest absolute Gasteiger partial charge is 0.269 e. The molecule has 0 radical (unpaired) electrons. The number of non-ortho nitro benzene ring substituents is 2. The zero-order valence-electron chi connectivity index (χ0n) is 20.9. The quantitative estimate of drug-likeness (QED) is 0.203. The lowest BCUT2D eigenvalue weighted by molar-refractivity contribution is -0.385. The van der Waals surface area contributed by atoms with Gasteiger partial charge in [0, 0.05) is 59.4 Å². The van der Waals surface area contributed by atoms with Crippen LogP contribution in [0.4, 0.5) is 22.7 Å². The van der Waals surface area contributed by atoms with E-state index in [2.05, 4.69) is 10.6 Å². The molecule has 2 N–H and O–H groups in total. The van der Waals surface area contributed by atoms with Gasteiger partial charge in [-0.2, -0.15) is 0 Å². The van der Waals surface area contributed by atoms with Crippen LogP contribution in [0.2, 0.25) is 0 Å². The zero-order chi connectivity index (χ0) is 28.4. The molecule has 0 saturated carbocycles. The summed E-state index contributed by atoms with van der Waals surface area (Å²) in [4.78, 5) is 50.4. The molecule has 4 aromatic carbocycles. The molecule has 5 aromatic rings. The molecular formula is C28H20N6O6. The zero-order valence-corrected chi connectivity index (χ0v) is 20.9. The van der Waals surface area contributed by atoms with Gasteiger partial charge in [-0.15, -0.1) is 0 Å². The fraction of sp³-hybridized carbons (Fsp3) is 0.0357. The van der Waals surface area contributed by atoms with Crippen molar-refractivity contribution in [3.05, 3.63) is 122 Å². The van der Waals surface area contributed by atoms with Crippen LogP contribution < -0.4 is 10.6 Å². The number of hydrogen-bond acceptors (Lipinski definition) is 7. The Balaban J connectivity index is 1.30. The number of aromatic nitrogens is 2. The number of carbonyl (C=O) groups excluding carboxylic acids is 2. The predicted molar refractivity (Wildman–Crippen MR) is 148 cm³/mol. The van der Waals surface area contributed by atoms with Gasteiger partial charge in [0.2, 0.25) is 0 Å². The fourth-order valence-electron chi connectivity index (χ4n) is 4.10. The standard InChI is InChI=1S/C28H20N6O6/c1-32-25-16-21(30-28(36)19-6-13-23(14-7-19)34(39)40)10-15-24(25)31-26(32)17-2-8-20(9-3-17)29-27(35)18-4-11-22(12-5-18)33(37)38/h2-16H,1H3,(H,29,35)(H,30,36). The van der Waals surface area contributed by atoms with E-state index < -0.39 is 21.7 Å². The van der Waals surface area contributed by atoms with Gasteiger partial charge in [-0.3, -0.25) is 29.8 Å². The molecule has 0 unspecified atom stereocenters. The van der Waals surface area contributed by atoms with Gasteiger partial charge in [0.25, 0.3) is 23.2 Å². The highest BCUT2D eigenvalue weighted by molar-refractivity contribution is 6.05. The van der Waals surface area contributed by atoms with E-state index in [0.29, 0.717) is 28.3 Å². The summed E-state index contributed by atoms with van der Waals surface area (Å²) in [5.74, 6) is -0.126. The summed E-state index contributed by atoms with van der Waals surface area (Å²) in [6.45, 7) is 0. The van der Waals surface area contributed by atoms with Crippen molar-refractivity contribution < 1.29 is 19.4 Å². The number of nitro benzene ring substituents is 2. The van der Waals surface area contributed by atoms with Gasteiger partial charge in [-0.1, -0.05) is 0 Å². The van der Waals surface area contributed by atoms with E-state index in [1.807, 2.05) is 23.7 Å². The highest BCUT2D eigenvalue weighted by Crippen LogP contribution is 2.27. The average molecular weight is 537 g/mol. The minimum atomic E-state index is -0.528. The van der Waals surface area contributed by atoms with Crippen molar-refractivity contribution in [2.75, 3.05) is 10.6 Å². The first-order valence-corrected chi connectivity index (χ1v) is 11.9. The maximum absolute atomic E-state index is 12.6. The molecule has 1 heterocycles. The third-order valence-electron chi connectivity index (χ3n) is 6.22. The molecule has 12 nitrogen and oxygen atoms in total. The van der Waals surface area contributed by atoms with Gasteiger partial charge in [0.1, 0.15) is 5.82 Å². The third kappa shape index (κ3) is 5.22. The monoisotopic (exact) mass is 536 g/mol. The van der Waals surface area contributed by atoms with E-state index in [4.69, 9.17) is 4.98 Å². The number of nitrogens with zero attached hydrogens (tertiary/aromatic N) is 4. The predicted octanol–water partition coefficient (Wildman–Crippen LogP) is 5.56. The molecule has 1 aromatic heterocycles. The van der Waals surface area contributed by atoms with Crippen molar-refractivity contribution in [2.45, 2.75) is 0 Å². The van der Waals surface area contributed by atoms with Gasteiger partial charge in [-0.25, -0.2) is 4.98 Å². The maximum atomic E-state index is 12.6. The summed E-state index contributed by atoms with van der Waals surface area (Å²) in [6, 6.07) is 23.0. The van der Waals surface area contributed by atoms with Crippen LogP contribution in [0.3, 0.4) is 0 Å². The van der Waals surface area contributed by atoms with Crippen molar-refractivity contribution in [1.29, 1.82) is 0 Å². The SMILES string of the molecule is Cn1c(-c2ccc(NC(=O)c3ccc([N+](=O)[O-])cc3)cc2)nc2ccc(NC(=O)c3ccc([N+](=O)[O-])cc3)cc21. The molecule has 0 bridgehead atoms. The lowest BCUT2D eigenvalue weighted by atomic mass is 10.1. The third-order valence-corrected chi connectivity index (χ3v) is 6.22. The number of rotatable bonds is 7. The van der Waals surface area contributed by atoms with E-state index in [9.17, 15) is 29.8 Å². The first kappa shape index (κ1) is 25.7. The Morgan fingerprint density at radius 1 is 0.700 bits per heavy atom. The topological polar surface area (TPSA) is 162 Å². The first-order chi connectivity index (χ1) is 19.2. The van der Waals surface area contributed by atoms with Gasteiger partial charge >= 0.3 is 0 Å². The van der Waals surface area contributed by atoms with E-state index in [0.717, 1.165) is 11.1 Å². The fourth-order valence-corrected chi connectivity index (χ4v) is 4.10.